The first-order valence-electron chi connectivity index (χ1n) is 11.0. The summed E-state index contributed by atoms with van der Waals surface area (Å²) < 4.78 is 32.8. The topological polar surface area (TPSA) is 99.2 Å². The van der Waals surface area contributed by atoms with E-state index in [2.05, 4.69) is 21.8 Å². The van der Waals surface area contributed by atoms with Crippen LogP contribution in [0.4, 0.5) is 5.69 Å². The zero-order valence-corrected chi connectivity index (χ0v) is 20.4. The molecule has 1 aliphatic rings. The Bertz CT molecular complexity index is 1060. The van der Waals surface area contributed by atoms with E-state index in [1.165, 1.54) is 5.56 Å². The van der Waals surface area contributed by atoms with Crippen LogP contribution in [0.3, 0.4) is 0 Å². The lowest BCUT2D eigenvalue weighted by molar-refractivity contribution is 0.0344. The molecular formula is C24H33N3O5S. The molecule has 1 heterocycles. The molecule has 3 atom stereocenters. The lowest BCUT2D eigenvalue weighted by Gasteiger charge is -2.38. The maximum atomic E-state index is 13.4. The van der Waals surface area contributed by atoms with E-state index in [-0.39, 0.29) is 47.6 Å². The number of hydrogen-bond acceptors (Lipinski definition) is 6. The summed E-state index contributed by atoms with van der Waals surface area (Å²) in [4.78, 5) is 17.2. The number of ether oxygens (including phenoxy) is 1. The Balaban J connectivity index is 1.98. The largest absolute Gasteiger partial charge is 0.486 e. The standard InChI is InChI=1S/C24H33N3O5S/c1-17-13-27(18(2)16-28)24(29)20-11-8-12-21(25-33(4,30)31)23(20)32-22(17)15-26(3)14-19-9-6-5-7-10-19/h5-12,17-18,22,25,28H,13-16H2,1-4H3/t17-,18-,22+/m0/s1. The van der Waals surface area contributed by atoms with Crippen LogP contribution in [0.1, 0.15) is 29.8 Å². The van der Waals surface area contributed by atoms with Gasteiger partial charge in [0.25, 0.3) is 5.91 Å². The van der Waals surface area contributed by atoms with E-state index < -0.39 is 10.0 Å². The molecule has 2 aromatic carbocycles. The van der Waals surface area contributed by atoms with Crippen molar-refractivity contribution in [2.24, 2.45) is 5.92 Å². The molecule has 0 unspecified atom stereocenters. The lowest BCUT2D eigenvalue weighted by Crippen LogP contribution is -2.49. The number of carbonyl (C=O) groups is 1. The maximum Gasteiger partial charge on any atom is 0.258 e. The van der Waals surface area contributed by atoms with Crippen molar-refractivity contribution in [3.8, 4) is 5.75 Å². The third kappa shape index (κ3) is 6.46. The number of aliphatic hydroxyl groups is 1. The molecule has 0 saturated carbocycles. The highest BCUT2D eigenvalue weighted by molar-refractivity contribution is 7.92. The fourth-order valence-electron chi connectivity index (χ4n) is 4.01. The van der Waals surface area contributed by atoms with Gasteiger partial charge in [-0.25, -0.2) is 8.42 Å². The molecule has 1 aliphatic heterocycles. The maximum absolute atomic E-state index is 13.4. The van der Waals surface area contributed by atoms with Gasteiger partial charge >= 0.3 is 0 Å². The molecule has 3 rings (SSSR count). The van der Waals surface area contributed by atoms with Crippen molar-refractivity contribution in [3.05, 3.63) is 59.7 Å². The number of aliphatic hydroxyl groups excluding tert-OH is 1. The summed E-state index contributed by atoms with van der Waals surface area (Å²) in [6, 6.07) is 14.5. The molecule has 0 radical (unpaired) electrons. The number of fused-ring (bicyclic) bond motifs is 1. The van der Waals surface area contributed by atoms with E-state index in [1.54, 1.807) is 30.0 Å². The van der Waals surface area contributed by atoms with Crippen LogP contribution >= 0.6 is 0 Å². The highest BCUT2D eigenvalue weighted by Gasteiger charge is 2.34. The van der Waals surface area contributed by atoms with Crippen molar-refractivity contribution in [2.75, 3.05) is 37.7 Å². The summed E-state index contributed by atoms with van der Waals surface area (Å²) in [5.41, 5.74) is 1.67. The van der Waals surface area contributed by atoms with Gasteiger partial charge in [-0.05, 0) is 31.7 Å². The van der Waals surface area contributed by atoms with Crippen LogP contribution in [0.5, 0.6) is 5.75 Å². The third-order valence-corrected chi connectivity index (χ3v) is 6.36. The Morgan fingerprint density at radius 3 is 2.55 bits per heavy atom. The van der Waals surface area contributed by atoms with Crippen molar-refractivity contribution in [1.29, 1.82) is 0 Å². The van der Waals surface area contributed by atoms with Crippen LogP contribution in [0.2, 0.25) is 0 Å². The molecule has 2 aromatic rings. The second-order valence-corrected chi connectivity index (χ2v) is 10.6. The van der Waals surface area contributed by atoms with Crippen molar-refractivity contribution < 1.29 is 23.1 Å². The molecule has 8 nitrogen and oxygen atoms in total. The van der Waals surface area contributed by atoms with E-state index in [0.717, 1.165) is 12.8 Å². The van der Waals surface area contributed by atoms with Crippen molar-refractivity contribution >= 4 is 21.6 Å². The van der Waals surface area contributed by atoms with Gasteiger partial charge in [-0.2, -0.15) is 0 Å². The molecule has 180 valence electrons. The van der Waals surface area contributed by atoms with Gasteiger partial charge in [-0.3, -0.25) is 14.4 Å². The SMILES string of the molecule is C[C@H]1CN([C@@H](C)CO)C(=O)c2cccc(NS(C)(=O)=O)c2O[C@@H]1CN(C)Cc1ccccc1. The molecule has 0 bridgehead atoms. The van der Waals surface area contributed by atoms with Gasteiger partial charge in [-0.1, -0.05) is 43.3 Å². The Labute approximate surface area is 196 Å². The number of nitrogens with zero attached hydrogens (tertiary/aromatic N) is 2. The van der Waals surface area contributed by atoms with E-state index in [9.17, 15) is 18.3 Å². The highest BCUT2D eigenvalue weighted by atomic mass is 32.2. The molecule has 0 fully saturated rings. The van der Waals surface area contributed by atoms with Gasteiger partial charge in [-0.15, -0.1) is 0 Å². The Morgan fingerprint density at radius 2 is 1.91 bits per heavy atom. The normalized spacial score (nSPS) is 19.9. The number of hydrogen-bond donors (Lipinski definition) is 2. The Morgan fingerprint density at radius 1 is 1.21 bits per heavy atom. The minimum Gasteiger partial charge on any atom is -0.486 e. The van der Waals surface area contributed by atoms with Crippen molar-refractivity contribution in [1.82, 2.24) is 9.80 Å². The Hall–Kier alpha value is -2.62. The van der Waals surface area contributed by atoms with Gasteiger partial charge in [0, 0.05) is 25.6 Å². The highest BCUT2D eigenvalue weighted by Crippen LogP contribution is 2.35. The molecule has 0 saturated heterocycles. The smallest absolute Gasteiger partial charge is 0.258 e. The molecule has 0 aliphatic carbocycles. The van der Waals surface area contributed by atoms with Gasteiger partial charge < -0.3 is 14.7 Å². The summed E-state index contributed by atoms with van der Waals surface area (Å²) in [5.74, 6) is -0.153. The minimum absolute atomic E-state index is 0.0689. The summed E-state index contributed by atoms with van der Waals surface area (Å²) in [6.45, 7) is 5.32. The zero-order chi connectivity index (χ0) is 24.2. The fourth-order valence-corrected chi connectivity index (χ4v) is 4.57. The number of anilines is 1. The number of rotatable bonds is 8. The second kappa shape index (κ2) is 10.5. The lowest BCUT2D eigenvalue weighted by atomic mass is 9.99. The van der Waals surface area contributed by atoms with E-state index in [1.807, 2.05) is 32.2 Å². The first-order valence-corrected chi connectivity index (χ1v) is 12.9. The van der Waals surface area contributed by atoms with Crippen LogP contribution in [0.25, 0.3) is 0 Å². The first-order chi connectivity index (χ1) is 15.6. The number of nitrogens with one attached hydrogen (secondary N) is 1. The van der Waals surface area contributed by atoms with Gasteiger partial charge in [0.05, 0.1) is 30.2 Å². The third-order valence-electron chi connectivity index (χ3n) is 5.77. The average Bonchev–Trinajstić information content (AvgIpc) is 2.75. The van der Waals surface area contributed by atoms with Gasteiger partial charge in [0.15, 0.2) is 5.75 Å². The number of likely N-dealkylation sites (N-methyl/N-ethyl adjacent to an activating group) is 1. The number of carbonyl (C=O) groups excluding carboxylic acids is 1. The molecule has 2 N–H and O–H groups in total. The van der Waals surface area contributed by atoms with Gasteiger partial charge in [0.2, 0.25) is 10.0 Å². The second-order valence-electron chi connectivity index (χ2n) is 8.86. The molecule has 0 aromatic heterocycles. The predicted molar refractivity (Wildman–Crippen MR) is 129 cm³/mol. The van der Waals surface area contributed by atoms with Crippen LogP contribution in [0.15, 0.2) is 48.5 Å². The fraction of sp³-hybridized carbons (Fsp3) is 0.458. The van der Waals surface area contributed by atoms with Crippen molar-refractivity contribution in [2.45, 2.75) is 32.5 Å². The summed E-state index contributed by atoms with van der Waals surface area (Å²) in [7, 11) is -1.58. The number of amides is 1. The number of sulfonamides is 1. The van der Waals surface area contributed by atoms with Gasteiger partial charge in [0.1, 0.15) is 6.10 Å². The number of para-hydroxylation sites is 1. The molecule has 1 amide bonds. The van der Waals surface area contributed by atoms with Crippen LogP contribution in [-0.2, 0) is 16.6 Å². The molecule has 33 heavy (non-hydrogen) atoms. The van der Waals surface area contributed by atoms with E-state index >= 15 is 0 Å². The Kier molecular flexibility index (Phi) is 7.99. The van der Waals surface area contributed by atoms with Crippen molar-refractivity contribution in [3.63, 3.8) is 0 Å². The minimum atomic E-state index is -3.58. The first kappa shape index (κ1) is 25.0. The monoisotopic (exact) mass is 475 g/mol. The average molecular weight is 476 g/mol. The van der Waals surface area contributed by atoms with Crippen LogP contribution in [0, 0.1) is 5.92 Å². The number of benzene rings is 2. The predicted octanol–water partition coefficient (Wildman–Crippen LogP) is 2.41. The zero-order valence-electron chi connectivity index (χ0n) is 19.6. The van der Waals surface area contributed by atoms with E-state index in [4.69, 9.17) is 4.74 Å². The quantitative estimate of drug-likeness (QED) is 0.608. The molecular weight excluding hydrogens is 442 g/mol. The summed E-state index contributed by atoms with van der Waals surface area (Å²) in [5, 5.41) is 9.76. The van der Waals surface area contributed by atoms with E-state index in [0.29, 0.717) is 13.1 Å². The van der Waals surface area contributed by atoms with Crippen LogP contribution in [-0.4, -0.2) is 74.4 Å². The van der Waals surface area contributed by atoms with Crippen LogP contribution < -0.4 is 9.46 Å². The summed E-state index contributed by atoms with van der Waals surface area (Å²) >= 11 is 0. The summed E-state index contributed by atoms with van der Waals surface area (Å²) in [6.07, 6.45) is 0.742. The molecule has 9 heteroatoms. The molecule has 0 spiro atoms.